The molecule has 5 heteroatoms. The van der Waals surface area contributed by atoms with E-state index in [1.165, 1.54) is 0 Å². The van der Waals surface area contributed by atoms with E-state index < -0.39 is 5.97 Å². The summed E-state index contributed by atoms with van der Waals surface area (Å²) in [5.74, 6) is -0.158. The van der Waals surface area contributed by atoms with Gasteiger partial charge in [-0.25, -0.2) is 9.78 Å². The van der Waals surface area contributed by atoms with Gasteiger partial charge in [-0.1, -0.05) is 0 Å². The molecule has 1 aromatic rings. The van der Waals surface area contributed by atoms with Gasteiger partial charge in [-0.2, -0.15) is 0 Å². The number of oxazole rings is 1. The molecule has 0 saturated carbocycles. The first kappa shape index (κ1) is 9.21. The molecule has 5 nitrogen and oxygen atoms in total. The van der Waals surface area contributed by atoms with Crippen molar-refractivity contribution in [2.24, 2.45) is 0 Å². The van der Waals surface area contributed by atoms with E-state index in [0.29, 0.717) is 11.7 Å². The van der Waals surface area contributed by atoms with E-state index >= 15 is 0 Å². The smallest absolute Gasteiger partial charge is 0.358 e. The largest absolute Gasteiger partial charge is 0.476 e. The van der Waals surface area contributed by atoms with Gasteiger partial charge >= 0.3 is 5.97 Å². The van der Waals surface area contributed by atoms with Crippen LogP contribution in [0.5, 0.6) is 0 Å². The standard InChI is InChI=1S/C9H12N2O3/c1-5-7(9(12)13)11-8(14-5)6-3-2-4-10-6/h6,10H,2-4H2,1H3,(H,12,13)/t6-/m0/s1. The number of aryl methyl sites for hydroxylation is 1. The van der Waals surface area contributed by atoms with Crippen molar-refractivity contribution in [2.75, 3.05) is 6.54 Å². The number of aromatic nitrogens is 1. The van der Waals surface area contributed by atoms with Crippen LogP contribution in [0.1, 0.15) is 41.0 Å². The highest BCUT2D eigenvalue weighted by Crippen LogP contribution is 2.24. The number of aromatic carboxylic acids is 1. The van der Waals surface area contributed by atoms with E-state index in [-0.39, 0.29) is 11.7 Å². The molecular weight excluding hydrogens is 184 g/mol. The Morgan fingerprint density at radius 2 is 2.50 bits per heavy atom. The Kier molecular flexibility index (Phi) is 2.25. The van der Waals surface area contributed by atoms with Crippen molar-refractivity contribution in [2.45, 2.75) is 25.8 Å². The highest BCUT2D eigenvalue weighted by molar-refractivity contribution is 5.86. The lowest BCUT2D eigenvalue weighted by Crippen LogP contribution is -2.13. The third-order valence-corrected chi connectivity index (χ3v) is 2.37. The Balaban J connectivity index is 2.27. The molecule has 0 spiro atoms. The monoisotopic (exact) mass is 196 g/mol. The van der Waals surface area contributed by atoms with Gasteiger partial charge in [0.25, 0.3) is 0 Å². The number of carbonyl (C=O) groups is 1. The van der Waals surface area contributed by atoms with Crippen molar-refractivity contribution in [1.29, 1.82) is 0 Å². The average molecular weight is 196 g/mol. The summed E-state index contributed by atoms with van der Waals surface area (Å²) < 4.78 is 5.31. The third-order valence-electron chi connectivity index (χ3n) is 2.37. The molecule has 2 rings (SSSR count). The van der Waals surface area contributed by atoms with E-state index in [9.17, 15) is 4.79 Å². The molecule has 1 saturated heterocycles. The Bertz CT molecular complexity index is 353. The van der Waals surface area contributed by atoms with Gasteiger partial charge in [0.1, 0.15) is 5.76 Å². The fourth-order valence-corrected chi connectivity index (χ4v) is 1.66. The SMILES string of the molecule is Cc1oc([C@@H]2CCCN2)nc1C(=O)O. The van der Waals surface area contributed by atoms with Crippen LogP contribution in [0, 0.1) is 6.92 Å². The third kappa shape index (κ3) is 1.50. The van der Waals surface area contributed by atoms with Crippen LogP contribution in [0.4, 0.5) is 0 Å². The molecule has 2 N–H and O–H groups in total. The van der Waals surface area contributed by atoms with Crippen LogP contribution in [-0.2, 0) is 0 Å². The number of nitrogens with one attached hydrogen (secondary N) is 1. The number of hydrogen-bond acceptors (Lipinski definition) is 4. The lowest BCUT2D eigenvalue weighted by molar-refractivity contribution is 0.0689. The average Bonchev–Trinajstić information content (AvgIpc) is 2.70. The van der Waals surface area contributed by atoms with E-state index in [1.54, 1.807) is 6.92 Å². The van der Waals surface area contributed by atoms with Crippen LogP contribution in [0.3, 0.4) is 0 Å². The van der Waals surface area contributed by atoms with Crippen LogP contribution in [0.15, 0.2) is 4.42 Å². The normalized spacial score (nSPS) is 21.4. The van der Waals surface area contributed by atoms with E-state index in [4.69, 9.17) is 9.52 Å². The fourth-order valence-electron chi connectivity index (χ4n) is 1.66. The second-order valence-corrected chi connectivity index (χ2v) is 3.41. The van der Waals surface area contributed by atoms with Gasteiger partial charge in [0, 0.05) is 0 Å². The molecular formula is C9H12N2O3. The van der Waals surface area contributed by atoms with Gasteiger partial charge in [-0.05, 0) is 26.3 Å². The number of hydrogen-bond donors (Lipinski definition) is 2. The zero-order chi connectivity index (χ0) is 10.1. The summed E-state index contributed by atoms with van der Waals surface area (Å²) in [6.45, 7) is 2.56. The van der Waals surface area contributed by atoms with E-state index in [2.05, 4.69) is 10.3 Å². The minimum atomic E-state index is -1.03. The van der Waals surface area contributed by atoms with Gasteiger partial charge in [0.2, 0.25) is 5.89 Å². The number of carboxylic acids is 1. The molecule has 1 fully saturated rings. The molecule has 76 valence electrons. The Labute approximate surface area is 81.1 Å². The van der Waals surface area contributed by atoms with Crippen molar-refractivity contribution in [3.63, 3.8) is 0 Å². The molecule has 0 aliphatic carbocycles. The van der Waals surface area contributed by atoms with Gasteiger partial charge in [0.05, 0.1) is 6.04 Å². The second-order valence-electron chi connectivity index (χ2n) is 3.41. The molecule has 0 amide bonds. The minimum absolute atomic E-state index is 0.0219. The maximum Gasteiger partial charge on any atom is 0.358 e. The molecule has 0 unspecified atom stereocenters. The first-order chi connectivity index (χ1) is 6.68. The maximum atomic E-state index is 10.7. The summed E-state index contributed by atoms with van der Waals surface area (Å²) in [6, 6.07) is 0.0850. The summed E-state index contributed by atoms with van der Waals surface area (Å²) in [7, 11) is 0. The molecule has 1 aliphatic rings. The zero-order valence-corrected chi connectivity index (χ0v) is 7.91. The fraction of sp³-hybridized carbons (Fsp3) is 0.556. The van der Waals surface area contributed by atoms with Gasteiger partial charge in [-0.15, -0.1) is 0 Å². The van der Waals surface area contributed by atoms with Crippen LogP contribution in [0.2, 0.25) is 0 Å². The van der Waals surface area contributed by atoms with Crippen molar-refractivity contribution in [3.8, 4) is 0 Å². The predicted octanol–water partition coefficient (Wildman–Crippen LogP) is 1.11. The Hall–Kier alpha value is -1.36. The molecule has 0 radical (unpaired) electrons. The Morgan fingerprint density at radius 1 is 1.71 bits per heavy atom. The second kappa shape index (κ2) is 3.42. The summed E-state index contributed by atoms with van der Waals surface area (Å²) in [4.78, 5) is 14.7. The maximum absolute atomic E-state index is 10.7. The van der Waals surface area contributed by atoms with Crippen molar-refractivity contribution in [3.05, 3.63) is 17.3 Å². The van der Waals surface area contributed by atoms with Gasteiger partial charge in [-0.3, -0.25) is 0 Å². The summed E-state index contributed by atoms with van der Waals surface area (Å²) in [5, 5.41) is 12.0. The molecule has 1 atom stereocenters. The molecule has 1 aromatic heterocycles. The topological polar surface area (TPSA) is 75.4 Å². The van der Waals surface area contributed by atoms with Gasteiger partial charge < -0.3 is 14.8 Å². The number of carboxylic acid groups (broad SMARTS) is 1. The molecule has 0 aromatic carbocycles. The van der Waals surface area contributed by atoms with E-state index in [1.807, 2.05) is 0 Å². The zero-order valence-electron chi connectivity index (χ0n) is 7.91. The van der Waals surface area contributed by atoms with Crippen molar-refractivity contribution >= 4 is 5.97 Å². The molecule has 1 aliphatic heterocycles. The summed E-state index contributed by atoms with van der Waals surface area (Å²) in [5.41, 5.74) is 0.0219. The predicted molar refractivity (Wildman–Crippen MR) is 48.2 cm³/mol. The van der Waals surface area contributed by atoms with Crippen molar-refractivity contribution < 1.29 is 14.3 Å². The Morgan fingerprint density at radius 3 is 3.00 bits per heavy atom. The van der Waals surface area contributed by atoms with Crippen LogP contribution >= 0.6 is 0 Å². The molecule has 0 bridgehead atoms. The molecule has 14 heavy (non-hydrogen) atoms. The highest BCUT2D eigenvalue weighted by Gasteiger charge is 2.24. The van der Waals surface area contributed by atoms with Crippen LogP contribution in [-0.4, -0.2) is 22.6 Å². The first-order valence-electron chi connectivity index (χ1n) is 4.62. The lowest BCUT2D eigenvalue weighted by Gasteiger charge is -2.02. The minimum Gasteiger partial charge on any atom is -0.476 e. The van der Waals surface area contributed by atoms with Gasteiger partial charge in [0.15, 0.2) is 5.69 Å². The molecule has 2 heterocycles. The quantitative estimate of drug-likeness (QED) is 0.740. The highest BCUT2D eigenvalue weighted by atomic mass is 16.4. The number of rotatable bonds is 2. The van der Waals surface area contributed by atoms with Crippen LogP contribution < -0.4 is 5.32 Å². The van der Waals surface area contributed by atoms with Crippen LogP contribution in [0.25, 0.3) is 0 Å². The lowest BCUT2D eigenvalue weighted by atomic mass is 10.2. The summed E-state index contributed by atoms with van der Waals surface area (Å²) in [6.07, 6.45) is 2.04. The van der Waals surface area contributed by atoms with E-state index in [0.717, 1.165) is 19.4 Å². The summed E-state index contributed by atoms with van der Waals surface area (Å²) >= 11 is 0. The van der Waals surface area contributed by atoms with Crippen molar-refractivity contribution in [1.82, 2.24) is 10.3 Å². The first-order valence-corrected chi connectivity index (χ1v) is 4.62. The number of nitrogens with zero attached hydrogens (tertiary/aromatic N) is 1.